The number of carbonyl (C=O) groups is 1. The number of hydrogen-bond donors (Lipinski definition) is 0. The van der Waals surface area contributed by atoms with Crippen LogP contribution in [0.4, 0.5) is 14.5 Å². The number of benzene rings is 2. The van der Waals surface area contributed by atoms with Crippen molar-refractivity contribution in [1.82, 2.24) is 14.1 Å². The first kappa shape index (κ1) is 24.1. The van der Waals surface area contributed by atoms with Gasteiger partial charge in [0.2, 0.25) is 15.9 Å². The Balaban J connectivity index is 1.27. The van der Waals surface area contributed by atoms with E-state index in [4.69, 9.17) is 5.26 Å². The topological polar surface area (TPSA) is 88.0 Å². The van der Waals surface area contributed by atoms with Gasteiger partial charge in [0, 0.05) is 52.4 Å². The van der Waals surface area contributed by atoms with Gasteiger partial charge in [-0.15, -0.1) is 0 Å². The molecule has 2 heterocycles. The molecule has 0 atom stereocenters. The van der Waals surface area contributed by atoms with Crippen molar-refractivity contribution >= 4 is 21.6 Å². The van der Waals surface area contributed by atoms with E-state index < -0.39 is 21.7 Å². The van der Waals surface area contributed by atoms with Crippen molar-refractivity contribution in [2.24, 2.45) is 0 Å². The molecule has 0 N–H and O–H groups in total. The summed E-state index contributed by atoms with van der Waals surface area (Å²) < 4.78 is 54.9. The van der Waals surface area contributed by atoms with Gasteiger partial charge >= 0.3 is 0 Å². The first-order valence-electron chi connectivity index (χ1n) is 11.0. The van der Waals surface area contributed by atoms with Gasteiger partial charge in [-0.25, -0.2) is 17.2 Å². The molecule has 0 bridgehead atoms. The second-order valence-corrected chi connectivity index (χ2v) is 10.2. The summed E-state index contributed by atoms with van der Waals surface area (Å²) in [5, 5.41) is 8.89. The van der Waals surface area contributed by atoms with Gasteiger partial charge < -0.3 is 9.80 Å². The van der Waals surface area contributed by atoms with E-state index in [9.17, 15) is 22.0 Å². The molecule has 0 aliphatic carbocycles. The average Bonchev–Trinajstić information content (AvgIpc) is 2.85. The van der Waals surface area contributed by atoms with E-state index in [-0.39, 0.29) is 49.1 Å². The van der Waals surface area contributed by atoms with Gasteiger partial charge in [0.05, 0.1) is 23.9 Å². The molecule has 2 fully saturated rings. The summed E-state index contributed by atoms with van der Waals surface area (Å²) in [5.74, 6) is -1.33. The maximum absolute atomic E-state index is 14.3. The normalized spacial score (nSPS) is 18.0. The standard InChI is InChI=1S/C23H25F2N5O3S/c24-19-3-1-2-4-22(19)34(32,33)30-13-11-29(12-14-30)23(31)17-27-7-9-28(10-8-27)21-6-5-18(16-26)15-20(21)25/h1-6,15H,7-14,17H2. The number of piperazine rings is 2. The number of amides is 1. The smallest absolute Gasteiger partial charge is 0.246 e. The molecular formula is C23H25F2N5O3S. The third kappa shape index (κ3) is 5.04. The Morgan fingerprint density at radius 2 is 1.59 bits per heavy atom. The van der Waals surface area contributed by atoms with E-state index in [1.807, 2.05) is 15.9 Å². The number of carbonyl (C=O) groups excluding carboxylic acids is 1. The van der Waals surface area contributed by atoms with Crippen molar-refractivity contribution in [3.63, 3.8) is 0 Å². The molecule has 0 unspecified atom stereocenters. The highest BCUT2D eigenvalue weighted by molar-refractivity contribution is 7.89. The van der Waals surface area contributed by atoms with Crippen LogP contribution in [0.15, 0.2) is 47.4 Å². The largest absolute Gasteiger partial charge is 0.367 e. The Bertz CT molecular complexity index is 1200. The molecule has 34 heavy (non-hydrogen) atoms. The van der Waals surface area contributed by atoms with Crippen LogP contribution in [0.2, 0.25) is 0 Å². The molecule has 1 amide bonds. The molecule has 2 aliphatic heterocycles. The van der Waals surface area contributed by atoms with E-state index in [0.717, 1.165) is 6.07 Å². The van der Waals surface area contributed by atoms with Crippen LogP contribution >= 0.6 is 0 Å². The third-order valence-corrected chi connectivity index (χ3v) is 8.13. The fraction of sp³-hybridized carbons (Fsp3) is 0.391. The Hall–Kier alpha value is -3.07. The zero-order valence-electron chi connectivity index (χ0n) is 18.5. The number of rotatable bonds is 5. The Labute approximate surface area is 197 Å². The lowest BCUT2D eigenvalue weighted by atomic mass is 10.2. The van der Waals surface area contributed by atoms with Crippen molar-refractivity contribution in [2.45, 2.75) is 4.90 Å². The van der Waals surface area contributed by atoms with Crippen LogP contribution in [-0.4, -0.2) is 87.3 Å². The second-order valence-electron chi connectivity index (χ2n) is 8.26. The monoisotopic (exact) mass is 489 g/mol. The van der Waals surface area contributed by atoms with Crippen LogP contribution in [-0.2, 0) is 14.8 Å². The van der Waals surface area contributed by atoms with E-state index >= 15 is 0 Å². The molecule has 4 rings (SSSR count). The molecule has 8 nitrogen and oxygen atoms in total. The van der Waals surface area contributed by atoms with Crippen molar-refractivity contribution in [2.75, 3.05) is 63.8 Å². The SMILES string of the molecule is N#Cc1ccc(N2CCN(CC(=O)N3CCN(S(=O)(=O)c4ccccc4F)CC3)CC2)c(F)c1. The van der Waals surface area contributed by atoms with E-state index in [1.165, 1.54) is 28.6 Å². The summed E-state index contributed by atoms with van der Waals surface area (Å²) in [4.78, 5) is 17.9. The first-order chi connectivity index (χ1) is 16.3. The molecule has 2 aliphatic rings. The lowest BCUT2D eigenvalue weighted by Gasteiger charge is -2.38. The van der Waals surface area contributed by atoms with Crippen LogP contribution in [0.1, 0.15) is 5.56 Å². The van der Waals surface area contributed by atoms with Gasteiger partial charge in [-0.1, -0.05) is 12.1 Å². The number of halogens is 2. The van der Waals surface area contributed by atoms with Crippen LogP contribution in [0.5, 0.6) is 0 Å². The first-order valence-corrected chi connectivity index (χ1v) is 12.4. The van der Waals surface area contributed by atoms with Crippen molar-refractivity contribution in [3.8, 4) is 6.07 Å². The van der Waals surface area contributed by atoms with Gasteiger partial charge in [-0.2, -0.15) is 9.57 Å². The highest BCUT2D eigenvalue weighted by atomic mass is 32.2. The van der Waals surface area contributed by atoms with Crippen molar-refractivity contribution in [1.29, 1.82) is 5.26 Å². The summed E-state index contributed by atoms with van der Waals surface area (Å²) >= 11 is 0. The Morgan fingerprint density at radius 3 is 2.21 bits per heavy atom. The van der Waals surface area contributed by atoms with Crippen LogP contribution in [0.3, 0.4) is 0 Å². The minimum Gasteiger partial charge on any atom is -0.367 e. The van der Waals surface area contributed by atoms with Gasteiger partial charge in [0.25, 0.3) is 0 Å². The van der Waals surface area contributed by atoms with Crippen LogP contribution in [0, 0.1) is 23.0 Å². The summed E-state index contributed by atoms with van der Waals surface area (Å²) in [6, 6.07) is 11.6. The van der Waals surface area contributed by atoms with E-state index in [2.05, 4.69) is 0 Å². The molecule has 0 saturated carbocycles. The average molecular weight is 490 g/mol. The van der Waals surface area contributed by atoms with Gasteiger partial charge in [0.15, 0.2) is 0 Å². The van der Waals surface area contributed by atoms with E-state index in [0.29, 0.717) is 31.9 Å². The Kier molecular flexibility index (Phi) is 7.11. The van der Waals surface area contributed by atoms with Gasteiger partial charge in [-0.3, -0.25) is 9.69 Å². The Morgan fingerprint density at radius 1 is 0.912 bits per heavy atom. The predicted molar refractivity (Wildman–Crippen MR) is 122 cm³/mol. The molecular weight excluding hydrogens is 464 g/mol. The number of anilines is 1. The molecule has 0 spiro atoms. The molecule has 2 aromatic rings. The minimum atomic E-state index is -3.95. The molecule has 2 aromatic carbocycles. The fourth-order valence-corrected chi connectivity index (χ4v) is 5.73. The summed E-state index contributed by atoms with van der Waals surface area (Å²) in [6.07, 6.45) is 0. The number of sulfonamides is 1. The number of hydrogen-bond acceptors (Lipinski definition) is 6. The molecule has 0 radical (unpaired) electrons. The summed E-state index contributed by atoms with van der Waals surface area (Å²) in [5.41, 5.74) is 0.712. The maximum atomic E-state index is 14.3. The van der Waals surface area contributed by atoms with Gasteiger partial charge in [0.1, 0.15) is 16.5 Å². The van der Waals surface area contributed by atoms with Crippen molar-refractivity contribution in [3.05, 3.63) is 59.7 Å². The minimum absolute atomic E-state index is 0.0963. The summed E-state index contributed by atoms with van der Waals surface area (Å²) in [7, 11) is -3.95. The zero-order valence-corrected chi connectivity index (χ0v) is 19.3. The maximum Gasteiger partial charge on any atom is 0.246 e. The van der Waals surface area contributed by atoms with E-state index in [1.54, 1.807) is 17.0 Å². The molecule has 0 aromatic heterocycles. The third-order valence-electron chi connectivity index (χ3n) is 6.19. The van der Waals surface area contributed by atoms with Crippen molar-refractivity contribution < 1.29 is 22.0 Å². The lowest BCUT2D eigenvalue weighted by Crippen LogP contribution is -2.54. The predicted octanol–water partition coefficient (Wildman–Crippen LogP) is 1.49. The number of nitrogens with zero attached hydrogens (tertiary/aromatic N) is 5. The zero-order chi connectivity index (χ0) is 24.3. The lowest BCUT2D eigenvalue weighted by molar-refractivity contribution is -0.133. The quantitative estimate of drug-likeness (QED) is 0.633. The number of nitriles is 1. The summed E-state index contributed by atoms with van der Waals surface area (Å²) in [6.45, 7) is 3.13. The highest BCUT2D eigenvalue weighted by Crippen LogP contribution is 2.23. The van der Waals surface area contributed by atoms with Gasteiger partial charge in [-0.05, 0) is 30.3 Å². The molecule has 2 saturated heterocycles. The fourth-order valence-electron chi connectivity index (χ4n) is 4.24. The molecule has 11 heteroatoms. The van der Waals surface area contributed by atoms with Crippen LogP contribution < -0.4 is 4.90 Å². The highest BCUT2D eigenvalue weighted by Gasteiger charge is 2.32. The molecule has 180 valence electrons. The second kappa shape index (κ2) is 10.0. The van der Waals surface area contributed by atoms with Crippen LogP contribution in [0.25, 0.3) is 0 Å².